The van der Waals surface area contributed by atoms with Gasteiger partial charge in [-0.25, -0.2) is 4.98 Å². The van der Waals surface area contributed by atoms with E-state index in [1.165, 1.54) is 0 Å². The van der Waals surface area contributed by atoms with Crippen molar-refractivity contribution in [3.8, 4) is 22.8 Å². The first-order valence-electron chi connectivity index (χ1n) is 10.4. The molecule has 0 aliphatic carbocycles. The minimum Gasteiger partial charge on any atom is -0.497 e. The lowest BCUT2D eigenvalue weighted by molar-refractivity contribution is -0.117. The van der Waals surface area contributed by atoms with E-state index in [1.807, 2.05) is 24.3 Å². The summed E-state index contributed by atoms with van der Waals surface area (Å²) in [7, 11) is 3.18. The molecule has 166 valence electrons. The summed E-state index contributed by atoms with van der Waals surface area (Å²) in [5, 5.41) is 2.88. The highest BCUT2D eigenvalue weighted by molar-refractivity contribution is 5.98. The first-order valence-corrected chi connectivity index (χ1v) is 10.4. The number of aryl methyl sites for hydroxylation is 1. The van der Waals surface area contributed by atoms with Crippen LogP contribution < -0.4 is 19.7 Å². The summed E-state index contributed by atoms with van der Waals surface area (Å²) in [6.07, 6.45) is 3.57. The molecule has 8 nitrogen and oxygen atoms in total. The quantitative estimate of drug-likeness (QED) is 0.574. The van der Waals surface area contributed by atoms with Crippen LogP contribution in [0.2, 0.25) is 0 Å². The van der Waals surface area contributed by atoms with E-state index < -0.39 is 0 Å². The monoisotopic (exact) mass is 435 g/mol. The number of nitrogens with zero attached hydrogens (tertiary/aromatic N) is 2. The first kappa shape index (κ1) is 21.4. The van der Waals surface area contributed by atoms with Crippen LogP contribution in [-0.2, 0) is 16.0 Å². The summed E-state index contributed by atoms with van der Waals surface area (Å²) < 4.78 is 16.3. The van der Waals surface area contributed by atoms with E-state index in [4.69, 9.17) is 13.9 Å². The van der Waals surface area contributed by atoms with Gasteiger partial charge in [-0.3, -0.25) is 9.59 Å². The maximum absolute atomic E-state index is 12.5. The molecule has 2 aromatic carbocycles. The summed E-state index contributed by atoms with van der Waals surface area (Å²) in [6, 6.07) is 12.8. The summed E-state index contributed by atoms with van der Waals surface area (Å²) in [5.74, 6) is 2.38. The largest absolute Gasteiger partial charge is 0.497 e. The molecule has 1 saturated heterocycles. The van der Waals surface area contributed by atoms with Gasteiger partial charge in [0.2, 0.25) is 11.8 Å². The number of amides is 2. The van der Waals surface area contributed by atoms with Crippen molar-refractivity contribution >= 4 is 23.2 Å². The van der Waals surface area contributed by atoms with Crippen molar-refractivity contribution in [1.82, 2.24) is 4.98 Å². The molecular weight excluding hydrogens is 410 g/mol. The van der Waals surface area contributed by atoms with Crippen molar-refractivity contribution in [2.75, 3.05) is 31.0 Å². The number of oxazole rings is 1. The van der Waals surface area contributed by atoms with Crippen LogP contribution in [0, 0.1) is 0 Å². The van der Waals surface area contributed by atoms with Crippen molar-refractivity contribution in [2.24, 2.45) is 0 Å². The Kier molecular flexibility index (Phi) is 6.39. The zero-order chi connectivity index (χ0) is 22.5. The van der Waals surface area contributed by atoms with E-state index in [-0.39, 0.29) is 18.2 Å². The maximum atomic E-state index is 12.5. The van der Waals surface area contributed by atoms with Gasteiger partial charge < -0.3 is 24.1 Å². The van der Waals surface area contributed by atoms with Gasteiger partial charge in [0.1, 0.15) is 11.5 Å². The molecule has 2 amide bonds. The lowest BCUT2D eigenvalue weighted by atomic mass is 10.2. The number of carbonyl (C=O) groups excluding carboxylic acids is 2. The van der Waals surface area contributed by atoms with Gasteiger partial charge in [-0.05, 0) is 48.9 Å². The number of hydrogen-bond acceptors (Lipinski definition) is 6. The molecule has 1 fully saturated rings. The molecule has 0 unspecified atom stereocenters. The summed E-state index contributed by atoms with van der Waals surface area (Å²) >= 11 is 0. The predicted octanol–water partition coefficient (Wildman–Crippen LogP) is 4.06. The summed E-state index contributed by atoms with van der Waals surface area (Å²) in [5.41, 5.74) is 2.16. The topological polar surface area (TPSA) is 93.9 Å². The maximum Gasteiger partial charge on any atom is 0.227 e. The third kappa shape index (κ3) is 4.74. The number of hydrogen-bond donors (Lipinski definition) is 1. The van der Waals surface area contributed by atoms with Crippen molar-refractivity contribution in [3.05, 3.63) is 54.6 Å². The molecule has 1 aromatic heterocycles. The van der Waals surface area contributed by atoms with E-state index >= 15 is 0 Å². The van der Waals surface area contributed by atoms with E-state index in [1.54, 1.807) is 43.5 Å². The average molecular weight is 435 g/mol. The number of nitrogens with one attached hydrogen (secondary N) is 1. The Balaban J connectivity index is 1.37. The highest BCUT2D eigenvalue weighted by Gasteiger charge is 2.25. The summed E-state index contributed by atoms with van der Waals surface area (Å²) in [4.78, 5) is 30.6. The normalized spacial score (nSPS) is 13.3. The Morgan fingerprint density at radius 3 is 2.66 bits per heavy atom. The number of carbonyl (C=O) groups is 2. The molecule has 0 radical (unpaired) electrons. The molecule has 8 heteroatoms. The van der Waals surface area contributed by atoms with Crippen LogP contribution in [0.25, 0.3) is 11.3 Å². The van der Waals surface area contributed by atoms with Crippen LogP contribution in [0.3, 0.4) is 0 Å². The van der Waals surface area contributed by atoms with Gasteiger partial charge in [-0.1, -0.05) is 0 Å². The van der Waals surface area contributed by atoms with Crippen LogP contribution in [0.1, 0.15) is 25.2 Å². The van der Waals surface area contributed by atoms with Crippen LogP contribution in [-0.4, -0.2) is 37.6 Å². The Morgan fingerprint density at radius 2 is 1.97 bits per heavy atom. The summed E-state index contributed by atoms with van der Waals surface area (Å²) in [6.45, 7) is 0.646. The second-order valence-electron chi connectivity index (χ2n) is 7.43. The van der Waals surface area contributed by atoms with Crippen molar-refractivity contribution < 1.29 is 23.5 Å². The van der Waals surface area contributed by atoms with Crippen molar-refractivity contribution in [1.29, 1.82) is 0 Å². The Hall–Kier alpha value is -3.81. The number of anilines is 2. The van der Waals surface area contributed by atoms with Crippen LogP contribution in [0.15, 0.2) is 53.1 Å². The molecule has 32 heavy (non-hydrogen) atoms. The number of aromatic nitrogens is 1. The Labute approximate surface area is 186 Å². The standard InChI is InChI=1S/C24H25N3O5/c1-30-18-8-5-16(6-9-18)21-15-25-23(32-21)12-11-22(28)26-17-7-10-20(31-2)19(14-17)27-13-3-4-24(27)29/h5-10,14-15H,3-4,11-13H2,1-2H3,(H,26,28). The lowest BCUT2D eigenvalue weighted by Gasteiger charge is -2.20. The van der Waals surface area contributed by atoms with Crippen LogP contribution in [0.4, 0.5) is 11.4 Å². The number of methoxy groups -OCH3 is 2. The molecule has 0 saturated carbocycles. The third-order valence-electron chi connectivity index (χ3n) is 5.32. The number of rotatable bonds is 8. The highest BCUT2D eigenvalue weighted by atomic mass is 16.5. The molecule has 3 aromatic rings. The molecule has 0 bridgehead atoms. The SMILES string of the molecule is COc1ccc(-c2cnc(CCC(=O)Nc3ccc(OC)c(N4CCCC4=O)c3)o2)cc1. The fourth-order valence-corrected chi connectivity index (χ4v) is 3.64. The van der Waals surface area contributed by atoms with Gasteiger partial charge in [0.15, 0.2) is 11.7 Å². The number of ether oxygens (including phenoxy) is 2. The molecule has 4 rings (SSSR count). The van der Waals surface area contributed by atoms with Gasteiger partial charge in [-0.15, -0.1) is 0 Å². The Morgan fingerprint density at radius 1 is 1.16 bits per heavy atom. The van der Waals surface area contributed by atoms with Gasteiger partial charge in [0.25, 0.3) is 0 Å². The van der Waals surface area contributed by atoms with E-state index in [9.17, 15) is 9.59 Å². The van der Waals surface area contributed by atoms with Crippen molar-refractivity contribution in [2.45, 2.75) is 25.7 Å². The molecule has 0 atom stereocenters. The zero-order valence-corrected chi connectivity index (χ0v) is 18.1. The molecular formula is C24H25N3O5. The molecule has 1 N–H and O–H groups in total. The predicted molar refractivity (Wildman–Crippen MR) is 120 cm³/mol. The van der Waals surface area contributed by atoms with Crippen molar-refractivity contribution in [3.63, 3.8) is 0 Å². The average Bonchev–Trinajstić information content (AvgIpc) is 3.47. The van der Waals surface area contributed by atoms with Gasteiger partial charge in [0, 0.05) is 37.1 Å². The first-order chi connectivity index (χ1) is 15.6. The lowest BCUT2D eigenvalue weighted by Crippen LogP contribution is -2.24. The van der Waals surface area contributed by atoms with E-state index in [0.29, 0.717) is 48.2 Å². The van der Waals surface area contributed by atoms with Gasteiger partial charge >= 0.3 is 0 Å². The smallest absolute Gasteiger partial charge is 0.227 e. The number of benzene rings is 2. The van der Waals surface area contributed by atoms with Crippen LogP contribution >= 0.6 is 0 Å². The third-order valence-corrected chi connectivity index (χ3v) is 5.32. The molecule has 1 aliphatic rings. The molecule has 1 aliphatic heterocycles. The fourth-order valence-electron chi connectivity index (χ4n) is 3.64. The molecule has 0 spiro atoms. The van der Waals surface area contributed by atoms with Gasteiger partial charge in [0.05, 0.1) is 26.1 Å². The van der Waals surface area contributed by atoms with E-state index in [2.05, 4.69) is 10.3 Å². The van der Waals surface area contributed by atoms with Crippen LogP contribution in [0.5, 0.6) is 11.5 Å². The Bertz CT molecular complexity index is 1110. The van der Waals surface area contributed by atoms with Gasteiger partial charge in [-0.2, -0.15) is 0 Å². The second-order valence-corrected chi connectivity index (χ2v) is 7.43. The second kappa shape index (κ2) is 9.55. The minimum absolute atomic E-state index is 0.0586. The highest BCUT2D eigenvalue weighted by Crippen LogP contribution is 2.34. The molecule has 2 heterocycles. The van der Waals surface area contributed by atoms with E-state index in [0.717, 1.165) is 17.7 Å². The zero-order valence-electron chi connectivity index (χ0n) is 18.1. The fraction of sp³-hybridized carbons (Fsp3) is 0.292. The minimum atomic E-state index is -0.168.